The van der Waals surface area contributed by atoms with Gasteiger partial charge in [-0.15, -0.1) is 0 Å². The van der Waals surface area contributed by atoms with Crippen LogP contribution >= 0.6 is 0 Å². The highest BCUT2D eigenvalue weighted by Crippen LogP contribution is 2.28. The van der Waals surface area contributed by atoms with Gasteiger partial charge in [-0.2, -0.15) is 0 Å². The normalized spacial score (nSPS) is 12.9. The molecule has 39 heavy (non-hydrogen) atoms. The molecule has 0 heterocycles. The van der Waals surface area contributed by atoms with E-state index >= 15 is 0 Å². The van der Waals surface area contributed by atoms with Gasteiger partial charge in [0.2, 0.25) is 5.91 Å². The molecule has 3 rings (SSSR count). The molecule has 3 aromatic rings. The fraction of sp³-hybridized carbons (Fsp3) is 0.406. The number of unbranched alkanes of at least 4 members (excludes halogenated alkanes) is 1. The molecular formula is C32H41N3O4. The van der Waals surface area contributed by atoms with Crippen LogP contribution in [0.15, 0.2) is 60.7 Å². The van der Waals surface area contributed by atoms with E-state index in [1.807, 2.05) is 81.4 Å². The van der Waals surface area contributed by atoms with Crippen molar-refractivity contribution in [2.45, 2.75) is 79.0 Å². The number of benzene rings is 3. The van der Waals surface area contributed by atoms with E-state index in [2.05, 4.69) is 10.6 Å². The number of carbonyl (C=O) groups excluding carboxylic acids is 3. The van der Waals surface area contributed by atoms with Gasteiger partial charge in [0, 0.05) is 12.2 Å². The zero-order valence-corrected chi connectivity index (χ0v) is 24.1. The van der Waals surface area contributed by atoms with Crippen LogP contribution in [0.4, 0.5) is 10.5 Å². The minimum absolute atomic E-state index is 0.317. The first-order valence-corrected chi connectivity index (χ1v) is 13.6. The number of alkyl carbamates (subject to hydrolysis) is 1. The third-order valence-electron chi connectivity index (χ3n) is 6.56. The molecule has 3 aromatic carbocycles. The molecular weight excluding hydrogens is 490 g/mol. The minimum atomic E-state index is -0.891. The molecule has 0 saturated heterocycles. The number of anilines is 1. The Balaban J connectivity index is 1.97. The van der Waals surface area contributed by atoms with E-state index in [-0.39, 0.29) is 11.8 Å². The largest absolute Gasteiger partial charge is 0.444 e. The summed E-state index contributed by atoms with van der Waals surface area (Å²) in [5, 5.41) is 7.77. The van der Waals surface area contributed by atoms with Crippen molar-refractivity contribution in [2.75, 3.05) is 11.9 Å². The van der Waals surface area contributed by atoms with Crippen LogP contribution in [0.25, 0.3) is 10.8 Å². The maximum Gasteiger partial charge on any atom is 0.408 e. The number of carbonyl (C=O) groups is 3. The molecule has 7 nitrogen and oxygen atoms in total. The zero-order valence-electron chi connectivity index (χ0n) is 24.1. The Hall–Kier alpha value is -3.87. The average molecular weight is 532 g/mol. The van der Waals surface area contributed by atoms with Gasteiger partial charge in [0.05, 0.1) is 0 Å². The second kappa shape index (κ2) is 12.8. The number of aryl methyl sites for hydroxylation is 2. The topological polar surface area (TPSA) is 87.7 Å². The molecule has 0 spiro atoms. The maximum absolute atomic E-state index is 14.0. The molecule has 0 bridgehead atoms. The van der Waals surface area contributed by atoms with Crippen molar-refractivity contribution in [1.29, 1.82) is 0 Å². The van der Waals surface area contributed by atoms with Crippen LogP contribution in [-0.4, -0.2) is 41.0 Å². The molecule has 0 aliphatic heterocycles. The Bertz CT molecular complexity index is 1330. The van der Waals surface area contributed by atoms with E-state index < -0.39 is 23.8 Å². The van der Waals surface area contributed by atoms with Gasteiger partial charge in [0.15, 0.2) is 0 Å². The van der Waals surface area contributed by atoms with Crippen molar-refractivity contribution in [3.8, 4) is 0 Å². The summed E-state index contributed by atoms with van der Waals surface area (Å²) in [5.74, 6) is -0.673. The number of nitrogens with zero attached hydrogens (tertiary/aromatic N) is 1. The summed E-state index contributed by atoms with van der Waals surface area (Å²) >= 11 is 0. The Morgan fingerprint density at radius 1 is 0.923 bits per heavy atom. The lowest BCUT2D eigenvalue weighted by Crippen LogP contribution is -2.51. The van der Waals surface area contributed by atoms with E-state index in [9.17, 15) is 14.4 Å². The van der Waals surface area contributed by atoms with Crippen molar-refractivity contribution in [3.63, 3.8) is 0 Å². The van der Waals surface area contributed by atoms with Crippen LogP contribution in [0.5, 0.6) is 0 Å². The molecule has 0 radical (unpaired) electrons. The van der Waals surface area contributed by atoms with Crippen LogP contribution in [0.3, 0.4) is 0 Å². The molecule has 3 amide bonds. The zero-order chi connectivity index (χ0) is 28.7. The third-order valence-corrected chi connectivity index (χ3v) is 6.56. The summed E-state index contributed by atoms with van der Waals surface area (Å²) in [6, 6.07) is 17.7. The first-order chi connectivity index (χ1) is 18.4. The number of ether oxygens (including phenoxy) is 1. The second-order valence-corrected chi connectivity index (χ2v) is 11.1. The molecule has 2 N–H and O–H groups in total. The highest BCUT2D eigenvalue weighted by atomic mass is 16.6. The first kappa shape index (κ1) is 29.7. The molecule has 0 fully saturated rings. The lowest BCUT2D eigenvalue weighted by atomic mass is 9.98. The molecule has 0 aromatic heterocycles. The average Bonchev–Trinajstić information content (AvgIpc) is 2.86. The van der Waals surface area contributed by atoms with Crippen LogP contribution in [0.1, 0.15) is 70.2 Å². The lowest BCUT2D eigenvalue weighted by Gasteiger charge is -2.34. The van der Waals surface area contributed by atoms with Gasteiger partial charge in [-0.25, -0.2) is 4.79 Å². The van der Waals surface area contributed by atoms with Crippen molar-refractivity contribution in [2.24, 2.45) is 0 Å². The van der Waals surface area contributed by atoms with E-state index in [4.69, 9.17) is 4.74 Å². The van der Waals surface area contributed by atoms with Crippen LogP contribution in [0, 0.1) is 13.8 Å². The summed E-state index contributed by atoms with van der Waals surface area (Å²) in [6.45, 7) is 13.3. The number of amides is 3. The second-order valence-electron chi connectivity index (χ2n) is 11.1. The summed E-state index contributed by atoms with van der Waals surface area (Å²) in [5.41, 5.74) is 2.79. The Morgan fingerprint density at radius 2 is 1.62 bits per heavy atom. The summed E-state index contributed by atoms with van der Waals surface area (Å²) in [7, 11) is 0. The van der Waals surface area contributed by atoms with Gasteiger partial charge in [0.1, 0.15) is 17.7 Å². The standard InChI is InChI=1S/C32H41N3O4/c1-8-9-18-35(30(37)23(4)33-31(38)39-32(5,6)7)28(26-15-14-21(2)22(3)19-26)29(36)34-27-17-16-24-12-10-11-13-25(24)20-27/h10-17,19-20,23,28H,8-9,18H2,1-7H3,(H,33,38)(H,34,36). The monoisotopic (exact) mass is 531 g/mol. The Labute approximate surface area is 231 Å². The predicted molar refractivity (Wildman–Crippen MR) is 157 cm³/mol. The number of nitrogens with one attached hydrogen (secondary N) is 2. The SMILES string of the molecule is CCCCN(C(=O)C(C)NC(=O)OC(C)(C)C)C(C(=O)Nc1ccc2ccccc2c1)c1ccc(C)c(C)c1. The van der Waals surface area contributed by atoms with Gasteiger partial charge < -0.3 is 20.3 Å². The molecule has 0 aliphatic carbocycles. The van der Waals surface area contributed by atoms with Crippen LogP contribution < -0.4 is 10.6 Å². The van der Waals surface area contributed by atoms with E-state index in [1.165, 1.54) is 0 Å². The fourth-order valence-electron chi connectivity index (χ4n) is 4.38. The molecule has 2 unspecified atom stereocenters. The fourth-order valence-corrected chi connectivity index (χ4v) is 4.38. The molecule has 208 valence electrons. The lowest BCUT2D eigenvalue weighted by molar-refractivity contribution is -0.140. The molecule has 0 aliphatic rings. The first-order valence-electron chi connectivity index (χ1n) is 13.6. The molecule has 0 saturated carbocycles. The molecule has 2 atom stereocenters. The van der Waals surface area contributed by atoms with E-state index in [0.717, 1.165) is 28.3 Å². The van der Waals surface area contributed by atoms with E-state index in [1.54, 1.807) is 32.6 Å². The van der Waals surface area contributed by atoms with Gasteiger partial charge >= 0.3 is 6.09 Å². The Kier molecular flexibility index (Phi) is 9.73. The van der Waals surface area contributed by atoms with Gasteiger partial charge in [-0.1, -0.05) is 61.9 Å². The summed E-state index contributed by atoms with van der Waals surface area (Å²) in [6.07, 6.45) is 0.862. The molecule has 7 heteroatoms. The van der Waals surface area contributed by atoms with Crippen molar-refractivity contribution >= 4 is 34.4 Å². The highest BCUT2D eigenvalue weighted by molar-refractivity contribution is 6.00. The van der Waals surface area contributed by atoms with Crippen molar-refractivity contribution in [3.05, 3.63) is 77.4 Å². The van der Waals surface area contributed by atoms with Crippen molar-refractivity contribution < 1.29 is 19.1 Å². The number of fused-ring (bicyclic) bond motifs is 1. The van der Waals surface area contributed by atoms with Crippen LogP contribution in [-0.2, 0) is 14.3 Å². The van der Waals surface area contributed by atoms with Gasteiger partial charge in [-0.05, 0) is 87.6 Å². The van der Waals surface area contributed by atoms with Gasteiger partial charge in [-0.3, -0.25) is 9.59 Å². The summed E-state index contributed by atoms with van der Waals surface area (Å²) < 4.78 is 5.35. The van der Waals surface area contributed by atoms with Crippen molar-refractivity contribution in [1.82, 2.24) is 10.2 Å². The number of hydrogen-bond donors (Lipinski definition) is 2. The maximum atomic E-state index is 14.0. The van der Waals surface area contributed by atoms with Gasteiger partial charge in [0.25, 0.3) is 5.91 Å². The minimum Gasteiger partial charge on any atom is -0.444 e. The summed E-state index contributed by atoms with van der Waals surface area (Å²) in [4.78, 5) is 41.8. The Morgan fingerprint density at radius 3 is 2.26 bits per heavy atom. The third kappa shape index (κ3) is 8.06. The predicted octanol–water partition coefficient (Wildman–Crippen LogP) is 6.68. The smallest absolute Gasteiger partial charge is 0.408 e. The van der Waals surface area contributed by atoms with E-state index in [0.29, 0.717) is 24.2 Å². The quantitative estimate of drug-likeness (QED) is 0.322. The highest BCUT2D eigenvalue weighted by Gasteiger charge is 2.34. The number of hydrogen-bond acceptors (Lipinski definition) is 4. The van der Waals surface area contributed by atoms with Crippen LogP contribution in [0.2, 0.25) is 0 Å². The number of rotatable bonds is 9.